The zero-order valence-corrected chi connectivity index (χ0v) is 11.6. The molecule has 7 nitrogen and oxygen atoms in total. The van der Waals surface area contributed by atoms with Crippen LogP contribution in [-0.4, -0.2) is 32.6 Å². The highest BCUT2D eigenvalue weighted by Crippen LogP contribution is 2.08. The van der Waals surface area contributed by atoms with Crippen LogP contribution in [0.1, 0.15) is 19.9 Å². The highest BCUT2D eigenvalue weighted by molar-refractivity contribution is 5.86. The average molecular weight is 289 g/mol. The first-order valence-corrected chi connectivity index (χ1v) is 6.41. The molecule has 110 valence electrons. The van der Waals surface area contributed by atoms with Crippen molar-refractivity contribution in [3.8, 4) is 0 Å². The Hall–Kier alpha value is -2.70. The predicted octanol–water partition coefficient (Wildman–Crippen LogP) is 0.547. The van der Waals surface area contributed by atoms with Crippen molar-refractivity contribution in [2.24, 2.45) is 0 Å². The molecule has 0 fully saturated rings. The lowest BCUT2D eigenvalue weighted by Crippen LogP contribution is -2.43. The zero-order valence-electron chi connectivity index (χ0n) is 11.6. The van der Waals surface area contributed by atoms with Crippen LogP contribution in [0.5, 0.6) is 0 Å². The summed E-state index contributed by atoms with van der Waals surface area (Å²) in [5.74, 6) is -1.69. The maximum atomic E-state index is 12.3. The van der Waals surface area contributed by atoms with E-state index in [4.69, 9.17) is 5.11 Å². The number of hydrogen-bond donors (Lipinski definition) is 2. The van der Waals surface area contributed by atoms with Gasteiger partial charge in [0.25, 0.3) is 5.56 Å². The highest BCUT2D eigenvalue weighted by atomic mass is 16.4. The van der Waals surface area contributed by atoms with Crippen LogP contribution in [0, 0.1) is 0 Å². The number of nitrogens with zero attached hydrogens (tertiary/aromatic N) is 2. The molecule has 0 radical (unpaired) electrons. The molecular formula is C14H15N3O4. The van der Waals surface area contributed by atoms with E-state index in [0.717, 1.165) is 0 Å². The van der Waals surface area contributed by atoms with Gasteiger partial charge in [0.15, 0.2) is 0 Å². The Bertz CT molecular complexity index is 753. The topological polar surface area (TPSA) is 101 Å². The molecule has 21 heavy (non-hydrogen) atoms. The molecule has 1 heterocycles. The number of amides is 1. The van der Waals surface area contributed by atoms with Crippen LogP contribution in [0.3, 0.4) is 0 Å². The molecule has 1 amide bonds. The second kappa shape index (κ2) is 5.74. The second-order valence-corrected chi connectivity index (χ2v) is 4.72. The molecule has 2 atom stereocenters. The number of carboxylic acids is 1. The molecular weight excluding hydrogens is 274 g/mol. The van der Waals surface area contributed by atoms with Crippen LogP contribution >= 0.6 is 0 Å². The van der Waals surface area contributed by atoms with E-state index in [2.05, 4.69) is 10.3 Å². The van der Waals surface area contributed by atoms with E-state index in [1.807, 2.05) is 0 Å². The second-order valence-electron chi connectivity index (χ2n) is 4.72. The molecule has 1 aromatic heterocycles. The van der Waals surface area contributed by atoms with E-state index in [1.165, 1.54) is 24.7 Å². The molecule has 1 aromatic carbocycles. The molecule has 2 rings (SSSR count). The molecule has 0 saturated carbocycles. The van der Waals surface area contributed by atoms with Crippen LogP contribution < -0.4 is 10.9 Å². The zero-order chi connectivity index (χ0) is 15.6. The minimum Gasteiger partial charge on any atom is -0.480 e. The predicted molar refractivity (Wildman–Crippen MR) is 76.0 cm³/mol. The van der Waals surface area contributed by atoms with Crippen molar-refractivity contribution in [3.05, 3.63) is 40.9 Å². The van der Waals surface area contributed by atoms with Crippen molar-refractivity contribution in [1.29, 1.82) is 0 Å². The lowest BCUT2D eigenvalue weighted by Gasteiger charge is -2.17. The summed E-state index contributed by atoms with van der Waals surface area (Å²) in [7, 11) is 0. The van der Waals surface area contributed by atoms with Crippen molar-refractivity contribution in [3.63, 3.8) is 0 Å². The van der Waals surface area contributed by atoms with Crippen LogP contribution in [-0.2, 0) is 9.59 Å². The summed E-state index contributed by atoms with van der Waals surface area (Å²) in [5.41, 5.74) is 0.205. The van der Waals surface area contributed by atoms with Gasteiger partial charge >= 0.3 is 5.97 Å². The molecule has 7 heteroatoms. The van der Waals surface area contributed by atoms with Gasteiger partial charge in [0.05, 0.1) is 17.2 Å². The summed E-state index contributed by atoms with van der Waals surface area (Å²) >= 11 is 0. The third-order valence-corrected chi connectivity index (χ3v) is 3.22. The van der Waals surface area contributed by atoms with Gasteiger partial charge in [0.1, 0.15) is 12.1 Å². The van der Waals surface area contributed by atoms with Gasteiger partial charge in [-0.2, -0.15) is 0 Å². The Morgan fingerprint density at radius 2 is 1.95 bits per heavy atom. The van der Waals surface area contributed by atoms with E-state index >= 15 is 0 Å². The number of rotatable bonds is 4. The minimum absolute atomic E-state index is 0.341. The van der Waals surface area contributed by atoms with Gasteiger partial charge in [-0.3, -0.25) is 19.0 Å². The summed E-state index contributed by atoms with van der Waals surface area (Å²) in [6.45, 7) is 2.87. The smallest absolute Gasteiger partial charge is 0.325 e. The summed E-state index contributed by atoms with van der Waals surface area (Å²) in [5, 5.41) is 11.5. The van der Waals surface area contributed by atoms with Crippen LogP contribution in [0.4, 0.5) is 0 Å². The van der Waals surface area contributed by atoms with Gasteiger partial charge in [-0.25, -0.2) is 4.98 Å². The van der Waals surface area contributed by atoms with Crippen molar-refractivity contribution >= 4 is 22.8 Å². The van der Waals surface area contributed by atoms with Crippen molar-refractivity contribution < 1.29 is 14.7 Å². The molecule has 0 aliphatic rings. The number of para-hydroxylation sites is 1. The monoisotopic (exact) mass is 289 g/mol. The average Bonchev–Trinajstić information content (AvgIpc) is 2.47. The van der Waals surface area contributed by atoms with Crippen LogP contribution in [0.25, 0.3) is 10.9 Å². The fourth-order valence-electron chi connectivity index (χ4n) is 1.88. The van der Waals surface area contributed by atoms with Crippen molar-refractivity contribution in [2.45, 2.75) is 25.9 Å². The van der Waals surface area contributed by atoms with Crippen LogP contribution in [0.15, 0.2) is 35.4 Å². The van der Waals surface area contributed by atoms with E-state index in [9.17, 15) is 14.4 Å². The summed E-state index contributed by atoms with van der Waals surface area (Å²) in [4.78, 5) is 39.2. The first-order valence-electron chi connectivity index (χ1n) is 6.41. The fraction of sp³-hybridized carbons (Fsp3) is 0.286. The lowest BCUT2D eigenvalue weighted by atomic mass is 10.2. The Balaban J connectivity index is 2.33. The van der Waals surface area contributed by atoms with Gasteiger partial charge in [-0.05, 0) is 26.0 Å². The number of benzene rings is 1. The van der Waals surface area contributed by atoms with Crippen molar-refractivity contribution in [1.82, 2.24) is 14.9 Å². The Labute approximate surface area is 120 Å². The molecule has 0 spiro atoms. The Morgan fingerprint density at radius 3 is 2.62 bits per heavy atom. The van der Waals surface area contributed by atoms with Gasteiger partial charge in [-0.1, -0.05) is 12.1 Å². The summed E-state index contributed by atoms with van der Waals surface area (Å²) < 4.78 is 1.19. The molecule has 2 N–H and O–H groups in total. The van der Waals surface area contributed by atoms with Gasteiger partial charge in [0, 0.05) is 0 Å². The van der Waals surface area contributed by atoms with E-state index in [1.54, 1.807) is 24.3 Å². The maximum absolute atomic E-state index is 12.3. The van der Waals surface area contributed by atoms with Crippen molar-refractivity contribution in [2.75, 3.05) is 0 Å². The summed E-state index contributed by atoms with van der Waals surface area (Å²) in [6, 6.07) is 4.95. The lowest BCUT2D eigenvalue weighted by molar-refractivity contribution is -0.141. The first kappa shape index (κ1) is 14.7. The number of aliphatic carboxylic acids is 1. The number of carbonyl (C=O) groups excluding carboxylic acids is 1. The number of carbonyl (C=O) groups is 2. The molecule has 0 unspecified atom stereocenters. The molecule has 2 aromatic rings. The van der Waals surface area contributed by atoms with Gasteiger partial charge < -0.3 is 10.4 Å². The van der Waals surface area contributed by atoms with Gasteiger partial charge in [0.2, 0.25) is 5.91 Å². The molecule has 0 aliphatic heterocycles. The van der Waals surface area contributed by atoms with Crippen LogP contribution in [0.2, 0.25) is 0 Å². The fourth-order valence-corrected chi connectivity index (χ4v) is 1.88. The van der Waals surface area contributed by atoms with Gasteiger partial charge in [-0.15, -0.1) is 0 Å². The molecule has 0 saturated heterocycles. The molecule has 0 bridgehead atoms. The number of fused-ring (bicyclic) bond motifs is 1. The highest BCUT2D eigenvalue weighted by Gasteiger charge is 2.21. The normalized spacial score (nSPS) is 13.6. The largest absolute Gasteiger partial charge is 0.480 e. The molecule has 0 aliphatic carbocycles. The third kappa shape index (κ3) is 2.91. The number of carboxylic acid groups (broad SMARTS) is 1. The Morgan fingerprint density at radius 1 is 1.29 bits per heavy atom. The first-order chi connectivity index (χ1) is 9.91. The number of aromatic nitrogens is 2. The summed E-state index contributed by atoms with van der Waals surface area (Å²) in [6.07, 6.45) is 1.29. The third-order valence-electron chi connectivity index (χ3n) is 3.22. The quantitative estimate of drug-likeness (QED) is 0.855. The standard InChI is InChI=1S/C14H15N3O4/c1-8(14(20)21)16-12(18)9(2)17-7-15-11-6-4-3-5-10(11)13(17)19/h3-9H,1-2H3,(H,16,18)(H,20,21)/t8-,9-/m0/s1. The number of nitrogens with one attached hydrogen (secondary N) is 1. The van der Waals surface area contributed by atoms with E-state index < -0.39 is 24.0 Å². The SMILES string of the molecule is C[C@H](NC(=O)[C@H](C)n1cnc2ccccc2c1=O)C(=O)O. The van der Waals surface area contributed by atoms with E-state index in [-0.39, 0.29) is 5.56 Å². The maximum Gasteiger partial charge on any atom is 0.325 e. The minimum atomic E-state index is -1.14. The number of hydrogen-bond acceptors (Lipinski definition) is 4. The Kier molecular flexibility index (Phi) is 4.02. The van der Waals surface area contributed by atoms with E-state index in [0.29, 0.717) is 10.9 Å².